The molecule has 0 aliphatic carbocycles. The van der Waals surface area contributed by atoms with Gasteiger partial charge in [0.05, 0.1) is 6.61 Å². The van der Waals surface area contributed by atoms with Gasteiger partial charge >= 0.3 is 0 Å². The van der Waals surface area contributed by atoms with Crippen molar-refractivity contribution in [2.75, 3.05) is 25.1 Å². The molecule has 142 valence electrons. The van der Waals surface area contributed by atoms with E-state index in [1.165, 1.54) is 6.08 Å². The van der Waals surface area contributed by atoms with Gasteiger partial charge in [-0.1, -0.05) is 29.8 Å². The van der Waals surface area contributed by atoms with Gasteiger partial charge in [0, 0.05) is 29.5 Å². The molecule has 0 atom stereocenters. The van der Waals surface area contributed by atoms with Crippen LogP contribution in [0.1, 0.15) is 12.5 Å². The van der Waals surface area contributed by atoms with Crippen molar-refractivity contribution < 1.29 is 14.3 Å². The SMILES string of the molecule is CCOCCOc1cccc(NC(=S)NC(=O)/C=C/c2ccc(Cl)cc2)c1. The normalized spacial score (nSPS) is 10.6. The molecule has 2 aromatic rings. The molecule has 5 nitrogen and oxygen atoms in total. The number of ether oxygens (including phenoxy) is 2. The maximum absolute atomic E-state index is 12.0. The van der Waals surface area contributed by atoms with Crippen LogP contribution in [0.2, 0.25) is 5.02 Å². The highest BCUT2D eigenvalue weighted by Crippen LogP contribution is 2.17. The number of anilines is 1. The van der Waals surface area contributed by atoms with Crippen LogP contribution in [0.5, 0.6) is 5.75 Å². The minimum atomic E-state index is -0.327. The molecule has 0 radical (unpaired) electrons. The van der Waals surface area contributed by atoms with E-state index in [1.807, 2.05) is 37.3 Å². The van der Waals surface area contributed by atoms with Crippen molar-refractivity contribution in [3.05, 3.63) is 65.2 Å². The van der Waals surface area contributed by atoms with Crippen LogP contribution < -0.4 is 15.4 Å². The minimum absolute atomic E-state index is 0.201. The van der Waals surface area contributed by atoms with Gasteiger partial charge in [0.25, 0.3) is 0 Å². The van der Waals surface area contributed by atoms with Gasteiger partial charge in [0.2, 0.25) is 5.91 Å². The Kier molecular flexibility index (Phi) is 8.77. The quantitative estimate of drug-likeness (QED) is 0.390. The average Bonchev–Trinajstić information content (AvgIpc) is 2.65. The molecular weight excluding hydrogens is 384 g/mol. The monoisotopic (exact) mass is 404 g/mol. The zero-order valence-corrected chi connectivity index (χ0v) is 16.5. The van der Waals surface area contributed by atoms with Crippen molar-refractivity contribution in [1.29, 1.82) is 0 Å². The summed E-state index contributed by atoms with van der Waals surface area (Å²) in [5, 5.41) is 6.40. The number of amides is 1. The predicted octanol–water partition coefficient (Wildman–Crippen LogP) is 4.28. The molecule has 0 heterocycles. The third-order valence-corrected chi connectivity index (χ3v) is 3.78. The summed E-state index contributed by atoms with van der Waals surface area (Å²) in [5.74, 6) is 0.364. The van der Waals surface area contributed by atoms with E-state index in [2.05, 4.69) is 10.6 Å². The summed E-state index contributed by atoms with van der Waals surface area (Å²) >= 11 is 11.0. The second kappa shape index (κ2) is 11.3. The van der Waals surface area contributed by atoms with E-state index in [0.717, 1.165) is 11.3 Å². The third kappa shape index (κ3) is 8.21. The van der Waals surface area contributed by atoms with Gasteiger partial charge in [-0.2, -0.15) is 0 Å². The highest BCUT2D eigenvalue weighted by molar-refractivity contribution is 7.80. The molecule has 2 aromatic carbocycles. The Balaban J connectivity index is 1.82. The van der Waals surface area contributed by atoms with Crippen LogP contribution in [-0.4, -0.2) is 30.8 Å². The Morgan fingerprint density at radius 1 is 1.19 bits per heavy atom. The number of thiocarbonyl (C=S) groups is 1. The smallest absolute Gasteiger partial charge is 0.250 e. The first-order valence-corrected chi connectivity index (χ1v) is 9.21. The van der Waals surface area contributed by atoms with Crippen molar-refractivity contribution in [2.24, 2.45) is 0 Å². The molecule has 1 amide bonds. The van der Waals surface area contributed by atoms with Crippen molar-refractivity contribution in [3.63, 3.8) is 0 Å². The van der Waals surface area contributed by atoms with Crippen LogP contribution >= 0.6 is 23.8 Å². The zero-order valence-electron chi connectivity index (χ0n) is 14.9. The first-order valence-electron chi connectivity index (χ1n) is 8.43. The highest BCUT2D eigenvalue weighted by atomic mass is 35.5. The summed E-state index contributed by atoms with van der Waals surface area (Å²) < 4.78 is 10.8. The fourth-order valence-electron chi connectivity index (χ4n) is 2.09. The number of hydrogen-bond donors (Lipinski definition) is 2. The van der Waals surface area contributed by atoms with Crippen LogP contribution in [0.25, 0.3) is 6.08 Å². The van der Waals surface area contributed by atoms with Crippen LogP contribution in [0.4, 0.5) is 5.69 Å². The van der Waals surface area contributed by atoms with Gasteiger partial charge in [0.1, 0.15) is 12.4 Å². The Bertz CT molecular complexity index is 794. The van der Waals surface area contributed by atoms with Crippen molar-refractivity contribution in [1.82, 2.24) is 5.32 Å². The number of rotatable bonds is 8. The fourth-order valence-corrected chi connectivity index (χ4v) is 2.43. The molecule has 0 aliphatic heterocycles. The van der Waals surface area contributed by atoms with Crippen LogP contribution in [0, 0.1) is 0 Å². The maximum Gasteiger partial charge on any atom is 0.250 e. The van der Waals surface area contributed by atoms with E-state index in [4.69, 9.17) is 33.3 Å². The van der Waals surface area contributed by atoms with E-state index in [-0.39, 0.29) is 11.0 Å². The second-order valence-electron chi connectivity index (χ2n) is 5.40. The van der Waals surface area contributed by atoms with Gasteiger partial charge in [-0.25, -0.2) is 0 Å². The maximum atomic E-state index is 12.0. The van der Waals surface area contributed by atoms with Crippen molar-refractivity contribution >= 4 is 46.6 Å². The van der Waals surface area contributed by atoms with Gasteiger partial charge < -0.3 is 14.8 Å². The molecule has 2 rings (SSSR count). The Hall–Kier alpha value is -2.41. The lowest BCUT2D eigenvalue weighted by Crippen LogP contribution is -2.32. The lowest BCUT2D eigenvalue weighted by atomic mass is 10.2. The first-order chi connectivity index (χ1) is 13.1. The number of nitrogens with one attached hydrogen (secondary N) is 2. The molecule has 7 heteroatoms. The number of halogens is 1. The summed E-state index contributed by atoms with van der Waals surface area (Å²) in [7, 11) is 0. The first kappa shape index (κ1) is 20.9. The van der Waals surface area contributed by atoms with E-state index in [0.29, 0.717) is 30.6 Å². The summed E-state index contributed by atoms with van der Waals surface area (Å²) in [5.41, 5.74) is 1.58. The van der Waals surface area contributed by atoms with Crippen LogP contribution in [0.3, 0.4) is 0 Å². The number of carbonyl (C=O) groups is 1. The lowest BCUT2D eigenvalue weighted by Gasteiger charge is -2.11. The van der Waals surface area contributed by atoms with Gasteiger partial charge in [-0.15, -0.1) is 0 Å². The topological polar surface area (TPSA) is 59.6 Å². The number of carbonyl (C=O) groups excluding carboxylic acids is 1. The minimum Gasteiger partial charge on any atom is -0.491 e. The molecule has 0 spiro atoms. The standard InChI is InChI=1S/C20H21ClN2O3S/c1-2-25-12-13-26-18-5-3-4-17(14-18)22-20(27)23-19(24)11-8-15-6-9-16(21)10-7-15/h3-11,14H,2,12-13H2,1H3,(H2,22,23,24,27)/b11-8+. The van der Waals surface area contributed by atoms with Gasteiger partial charge in [-0.05, 0) is 55.0 Å². The van der Waals surface area contributed by atoms with Crippen molar-refractivity contribution in [3.8, 4) is 5.75 Å². The van der Waals surface area contributed by atoms with E-state index >= 15 is 0 Å². The largest absolute Gasteiger partial charge is 0.491 e. The van der Waals surface area contributed by atoms with Gasteiger partial charge in [-0.3, -0.25) is 10.1 Å². The van der Waals surface area contributed by atoms with Crippen LogP contribution in [-0.2, 0) is 9.53 Å². The molecule has 0 fully saturated rings. The Morgan fingerprint density at radius 3 is 2.70 bits per heavy atom. The molecule has 0 unspecified atom stereocenters. The lowest BCUT2D eigenvalue weighted by molar-refractivity contribution is -0.115. The zero-order chi connectivity index (χ0) is 19.5. The van der Waals surface area contributed by atoms with E-state index in [9.17, 15) is 4.79 Å². The van der Waals surface area contributed by atoms with Crippen LogP contribution in [0.15, 0.2) is 54.6 Å². The second-order valence-corrected chi connectivity index (χ2v) is 6.25. The number of hydrogen-bond acceptors (Lipinski definition) is 4. The molecule has 2 N–H and O–H groups in total. The summed E-state index contributed by atoms with van der Waals surface area (Å²) in [6, 6.07) is 14.5. The summed E-state index contributed by atoms with van der Waals surface area (Å²) in [6.45, 7) is 3.59. The fraction of sp³-hybridized carbons (Fsp3) is 0.200. The third-order valence-electron chi connectivity index (χ3n) is 3.33. The van der Waals surface area contributed by atoms with E-state index < -0.39 is 0 Å². The molecule has 0 aliphatic rings. The molecule has 0 saturated carbocycles. The van der Waals surface area contributed by atoms with Gasteiger partial charge in [0.15, 0.2) is 5.11 Å². The predicted molar refractivity (Wildman–Crippen MR) is 113 cm³/mol. The summed E-state index contributed by atoms with van der Waals surface area (Å²) in [4.78, 5) is 12.0. The molecular formula is C20H21ClN2O3S. The van der Waals surface area contributed by atoms with Crippen molar-refractivity contribution in [2.45, 2.75) is 6.92 Å². The van der Waals surface area contributed by atoms with E-state index in [1.54, 1.807) is 24.3 Å². The average molecular weight is 405 g/mol. The molecule has 27 heavy (non-hydrogen) atoms. The molecule has 0 saturated heterocycles. The highest BCUT2D eigenvalue weighted by Gasteiger charge is 2.03. The molecule has 0 aromatic heterocycles. The summed E-state index contributed by atoms with van der Waals surface area (Å²) in [6.07, 6.45) is 3.09. The molecule has 0 bridgehead atoms. The Morgan fingerprint density at radius 2 is 1.96 bits per heavy atom. The Labute approximate surface area is 169 Å². The number of benzene rings is 2.